The molecule has 1 aromatic heterocycles. The lowest BCUT2D eigenvalue weighted by molar-refractivity contribution is -0.136. The van der Waals surface area contributed by atoms with Crippen LogP contribution in [0.15, 0.2) is 60.8 Å². The fraction of sp³-hybridized carbons (Fsp3) is 0.217. The zero-order valence-electron chi connectivity index (χ0n) is 17.7. The maximum Gasteiger partial charge on any atom is 0.338 e. The number of anilines is 1. The summed E-state index contributed by atoms with van der Waals surface area (Å²) in [5.41, 5.74) is 3.83. The van der Waals surface area contributed by atoms with E-state index in [-0.39, 0.29) is 12.5 Å². The van der Waals surface area contributed by atoms with Gasteiger partial charge in [0, 0.05) is 24.6 Å². The van der Waals surface area contributed by atoms with Crippen LogP contribution in [0.2, 0.25) is 0 Å². The quantitative estimate of drug-likeness (QED) is 0.593. The summed E-state index contributed by atoms with van der Waals surface area (Å²) in [4.78, 5) is 37.8. The minimum atomic E-state index is -0.616. The standard InChI is InChI=1S/C23H24N4O4/c1-16-4-8-19(9-5-16)25-21(28)14-26(3)22(29)15-31-23(30)18-6-10-20(11-7-18)27-17(2)12-13-24-27/h4-13H,14-15H2,1-3H3,(H,25,28). The summed E-state index contributed by atoms with van der Waals surface area (Å²) in [5, 5.41) is 6.93. The van der Waals surface area contributed by atoms with E-state index in [1.807, 2.05) is 32.0 Å². The normalized spacial score (nSPS) is 10.4. The molecule has 0 bridgehead atoms. The minimum Gasteiger partial charge on any atom is -0.452 e. The second-order valence-electron chi connectivity index (χ2n) is 7.17. The van der Waals surface area contributed by atoms with Crippen LogP contribution in [-0.4, -0.2) is 52.7 Å². The molecule has 8 heteroatoms. The third-order valence-corrected chi connectivity index (χ3v) is 4.65. The van der Waals surface area contributed by atoms with Crippen molar-refractivity contribution < 1.29 is 19.1 Å². The Hall–Kier alpha value is -3.94. The molecule has 3 rings (SSSR count). The van der Waals surface area contributed by atoms with E-state index in [0.717, 1.165) is 16.9 Å². The van der Waals surface area contributed by atoms with Crippen molar-refractivity contribution in [1.82, 2.24) is 14.7 Å². The first-order valence-electron chi connectivity index (χ1n) is 9.72. The molecule has 1 N–H and O–H groups in total. The van der Waals surface area contributed by atoms with E-state index in [4.69, 9.17) is 4.74 Å². The topological polar surface area (TPSA) is 93.5 Å². The van der Waals surface area contributed by atoms with Gasteiger partial charge in [0.05, 0.1) is 17.8 Å². The molecule has 0 atom stereocenters. The van der Waals surface area contributed by atoms with Gasteiger partial charge in [0.25, 0.3) is 5.91 Å². The lowest BCUT2D eigenvalue weighted by Crippen LogP contribution is -2.37. The molecule has 0 unspecified atom stereocenters. The molecule has 160 valence electrons. The lowest BCUT2D eigenvalue weighted by atomic mass is 10.2. The smallest absolute Gasteiger partial charge is 0.338 e. The lowest BCUT2D eigenvalue weighted by Gasteiger charge is -2.17. The van der Waals surface area contributed by atoms with Gasteiger partial charge in [0.1, 0.15) is 0 Å². The highest BCUT2D eigenvalue weighted by molar-refractivity contribution is 5.95. The molecule has 0 aliphatic rings. The number of aromatic nitrogens is 2. The van der Waals surface area contributed by atoms with E-state index in [2.05, 4.69) is 10.4 Å². The number of hydrogen-bond acceptors (Lipinski definition) is 5. The van der Waals surface area contributed by atoms with Crippen molar-refractivity contribution in [3.63, 3.8) is 0 Å². The van der Waals surface area contributed by atoms with Crippen LogP contribution >= 0.6 is 0 Å². The second-order valence-corrected chi connectivity index (χ2v) is 7.17. The molecule has 31 heavy (non-hydrogen) atoms. The van der Waals surface area contributed by atoms with Crippen molar-refractivity contribution in [1.29, 1.82) is 0 Å². The number of nitrogens with zero attached hydrogens (tertiary/aromatic N) is 3. The first-order chi connectivity index (χ1) is 14.8. The Morgan fingerprint density at radius 2 is 1.68 bits per heavy atom. The van der Waals surface area contributed by atoms with Crippen LogP contribution in [0.1, 0.15) is 21.6 Å². The molecule has 0 fully saturated rings. The summed E-state index contributed by atoms with van der Waals surface area (Å²) < 4.78 is 6.84. The molecule has 2 amide bonds. The van der Waals surface area contributed by atoms with Gasteiger partial charge >= 0.3 is 5.97 Å². The maximum atomic E-state index is 12.2. The van der Waals surface area contributed by atoms with Crippen molar-refractivity contribution in [3.05, 3.63) is 77.6 Å². The summed E-state index contributed by atoms with van der Waals surface area (Å²) in [7, 11) is 1.48. The van der Waals surface area contributed by atoms with Crippen molar-refractivity contribution in [2.45, 2.75) is 13.8 Å². The summed E-state index contributed by atoms with van der Waals surface area (Å²) in [5.74, 6) is -1.43. The van der Waals surface area contributed by atoms with Gasteiger partial charge in [-0.05, 0) is 56.3 Å². The van der Waals surface area contributed by atoms with Gasteiger partial charge in [-0.25, -0.2) is 9.48 Å². The molecule has 0 aliphatic heterocycles. The Morgan fingerprint density at radius 3 is 2.29 bits per heavy atom. The average molecular weight is 420 g/mol. The monoisotopic (exact) mass is 420 g/mol. The third-order valence-electron chi connectivity index (χ3n) is 4.65. The van der Waals surface area contributed by atoms with Crippen LogP contribution in [0.5, 0.6) is 0 Å². The SMILES string of the molecule is Cc1ccc(NC(=O)CN(C)C(=O)COC(=O)c2ccc(-n3nccc3C)cc2)cc1. The number of likely N-dealkylation sites (N-methyl/N-ethyl adjacent to an activating group) is 1. The average Bonchev–Trinajstić information content (AvgIpc) is 3.19. The predicted octanol–water partition coefficient (Wildman–Crippen LogP) is 2.74. The molecule has 0 aliphatic carbocycles. The van der Waals surface area contributed by atoms with E-state index < -0.39 is 18.5 Å². The van der Waals surface area contributed by atoms with E-state index in [0.29, 0.717) is 11.3 Å². The number of aryl methyl sites for hydroxylation is 2. The van der Waals surface area contributed by atoms with Crippen molar-refractivity contribution >= 4 is 23.5 Å². The van der Waals surface area contributed by atoms with Crippen LogP contribution in [0, 0.1) is 13.8 Å². The Morgan fingerprint density at radius 1 is 1.00 bits per heavy atom. The number of ether oxygens (including phenoxy) is 1. The van der Waals surface area contributed by atoms with Crippen LogP contribution in [0.4, 0.5) is 5.69 Å². The number of carbonyl (C=O) groups excluding carboxylic acids is 3. The molecular formula is C23H24N4O4. The fourth-order valence-corrected chi connectivity index (χ4v) is 2.84. The van der Waals surface area contributed by atoms with Gasteiger partial charge < -0.3 is 15.0 Å². The summed E-state index contributed by atoms with van der Waals surface area (Å²) >= 11 is 0. The number of benzene rings is 2. The summed E-state index contributed by atoms with van der Waals surface area (Å²) in [6, 6.07) is 15.9. The molecule has 0 radical (unpaired) electrons. The molecule has 3 aromatic rings. The molecule has 8 nitrogen and oxygen atoms in total. The third kappa shape index (κ3) is 5.79. The van der Waals surface area contributed by atoms with Crippen molar-refractivity contribution in [2.24, 2.45) is 0 Å². The maximum absolute atomic E-state index is 12.2. The number of carbonyl (C=O) groups is 3. The zero-order valence-corrected chi connectivity index (χ0v) is 17.7. The molecule has 1 heterocycles. The van der Waals surface area contributed by atoms with Crippen molar-refractivity contribution in [3.8, 4) is 5.69 Å². The van der Waals surface area contributed by atoms with Gasteiger partial charge in [-0.2, -0.15) is 5.10 Å². The van der Waals surface area contributed by atoms with E-state index in [1.165, 1.54) is 11.9 Å². The highest BCUT2D eigenvalue weighted by Gasteiger charge is 2.16. The van der Waals surface area contributed by atoms with Crippen LogP contribution in [-0.2, 0) is 14.3 Å². The number of hydrogen-bond donors (Lipinski definition) is 1. The summed E-state index contributed by atoms with van der Waals surface area (Å²) in [6.07, 6.45) is 1.70. The Bertz CT molecular complexity index is 1070. The molecular weight excluding hydrogens is 396 g/mol. The van der Waals surface area contributed by atoms with Gasteiger partial charge in [0.2, 0.25) is 5.91 Å². The highest BCUT2D eigenvalue weighted by Crippen LogP contribution is 2.12. The molecule has 2 aromatic carbocycles. The Labute approximate surface area is 180 Å². The van der Waals surface area contributed by atoms with Gasteiger partial charge in [-0.15, -0.1) is 0 Å². The summed E-state index contributed by atoms with van der Waals surface area (Å²) in [6.45, 7) is 3.28. The fourth-order valence-electron chi connectivity index (χ4n) is 2.84. The minimum absolute atomic E-state index is 0.151. The van der Waals surface area contributed by atoms with Gasteiger partial charge in [-0.3, -0.25) is 9.59 Å². The van der Waals surface area contributed by atoms with E-state index >= 15 is 0 Å². The Balaban J connectivity index is 1.47. The first-order valence-corrected chi connectivity index (χ1v) is 9.72. The van der Waals surface area contributed by atoms with Crippen LogP contribution in [0.3, 0.4) is 0 Å². The number of esters is 1. The zero-order chi connectivity index (χ0) is 22.4. The Kier molecular flexibility index (Phi) is 6.81. The van der Waals surface area contributed by atoms with Gasteiger partial charge in [-0.1, -0.05) is 17.7 Å². The van der Waals surface area contributed by atoms with Crippen molar-refractivity contribution in [2.75, 3.05) is 25.5 Å². The van der Waals surface area contributed by atoms with E-state index in [1.54, 1.807) is 47.3 Å². The molecule has 0 saturated carbocycles. The second kappa shape index (κ2) is 9.71. The van der Waals surface area contributed by atoms with Gasteiger partial charge in [0.15, 0.2) is 6.61 Å². The number of rotatable bonds is 7. The largest absolute Gasteiger partial charge is 0.452 e. The number of nitrogens with one attached hydrogen (secondary N) is 1. The van der Waals surface area contributed by atoms with Crippen LogP contribution < -0.4 is 5.32 Å². The highest BCUT2D eigenvalue weighted by atomic mass is 16.5. The molecule has 0 saturated heterocycles. The molecule has 0 spiro atoms. The van der Waals surface area contributed by atoms with E-state index in [9.17, 15) is 14.4 Å². The number of amides is 2. The predicted molar refractivity (Wildman–Crippen MR) is 116 cm³/mol. The first kappa shape index (κ1) is 21.8. The van der Waals surface area contributed by atoms with Crippen LogP contribution in [0.25, 0.3) is 5.69 Å².